The molecule has 27 heavy (non-hydrogen) atoms. The molecular formula is C20H31NO6. The molecule has 7 heteroatoms. The molecule has 0 radical (unpaired) electrons. The van der Waals surface area contributed by atoms with Crippen molar-refractivity contribution in [2.75, 3.05) is 6.54 Å². The number of hydrogen-bond acceptors (Lipinski definition) is 5. The van der Waals surface area contributed by atoms with Crippen molar-refractivity contribution in [1.29, 1.82) is 0 Å². The summed E-state index contributed by atoms with van der Waals surface area (Å²) < 4.78 is 10.4. The molecule has 1 saturated carbocycles. The molecule has 0 aromatic heterocycles. The number of hydrogen-bond donors (Lipinski definition) is 2. The third kappa shape index (κ3) is 5.02. The van der Waals surface area contributed by atoms with E-state index in [2.05, 4.69) is 18.3 Å². The molecule has 7 nitrogen and oxygen atoms in total. The average Bonchev–Trinajstić information content (AvgIpc) is 2.95. The number of amides is 1. The number of allylic oxidation sites excluding steroid dienone is 2. The van der Waals surface area contributed by atoms with Crippen molar-refractivity contribution in [1.82, 2.24) is 5.32 Å². The van der Waals surface area contributed by atoms with E-state index in [1.807, 2.05) is 0 Å². The lowest BCUT2D eigenvalue weighted by Gasteiger charge is -2.51. The summed E-state index contributed by atoms with van der Waals surface area (Å²) in [6.45, 7) is 7.59. The highest BCUT2D eigenvalue weighted by Crippen LogP contribution is 2.59. The Labute approximate surface area is 160 Å². The van der Waals surface area contributed by atoms with Gasteiger partial charge in [0.1, 0.15) is 0 Å². The standard InChI is InChI=1S/C20H31NO6/c1-5-13-7-14-9-20(10-16(22)23,15(14)8-13)11-21-19(25)27-18(12(3)4)26-17(24)6-2/h8,12,14-15,18H,5-7,9-11H2,1-4H3,(H,21,25)(H,22,23)/t14-,15-,18-,20-/m0/s1. The van der Waals surface area contributed by atoms with Gasteiger partial charge in [0, 0.05) is 24.3 Å². The van der Waals surface area contributed by atoms with Crippen LogP contribution in [-0.4, -0.2) is 36.0 Å². The van der Waals surface area contributed by atoms with E-state index in [0.717, 1.165) is 19.3 Å². The molecule has 0 bridgehead atoms. The first-order valence-electron chi connectivity index (χ1n) is 9.76. The summed E-state index contributed by atoms with van der Waals surface area (Å²) in [5.74, 6) is -0.821. The second-order valence-electron chi connectivity index (χ2n) is 8.02. The maximum atomic E-state index is 12.2. The Morgan fingerprint density at radius 2 is 2.00 bits per heavy atom. The normalized spacial score (nSPS) is 27.2. The number of esters is 1. The minimum atomic E-state index is -0.958. The van der Waals surface area contributed by atoms with Crippen LogP contribution >= 0.6 is 0 Å². The summed E-state index contributed by atoms with van der Waals surface area (Å²) in [5, 5.41) is 12.1. The van der Waals surface area contributed by atoms with Gasteiger partial charge in [-0.1, -0.05) is 39.3 Å². The van der Waals surface area contributed by atoms with Gasteiger partial charge in [0.2, 0.25) is 0 Å². The van der Waals surface area contributed by atoms with Gasteiger partial charge in [-0.15, -0.1) is 0 Å². The van der Waals surface area contributed by atoms with Crippen LogP contribution in [0.5, 0.6) is 0 Å². The SMILES string of the molecule is CCC(=O)O[C@@H](OC(=O)NC[C@@]1(CC(=O)O)C[C@@H]2CC(CC)=C[C@@H]21)C(C)C. The summed E-state index contributed by atoms with van der Waals surface area (Å²) in [6, 6.07) is 0. The molecule has 1 fully saturated rings. The first kappa shape index (κ1) is 21.3. The van der Waals surface area contributed by atoms with Gasteiger partial charge in [-0.3, -0.25) is 9.59 Å². The number of fused-ring (bicyclic) bond motifs is 1. The van der Waals surface area contributed by atoms with E-state index in [1.54, 1.807) is 20.8 Å². The molecule has 0 aromatic carbocycles. The number of carbonyl (C=O) groups is 3. The number of nitrogens with one attached hydrogen (secondary N) is 1. The number of carboxylic acid groups (broad SMARTS) is 1. The van der Waals surface area contributed by atoms with Crippen molar-refractivity contribution in [2.24, 2.45) is 23.2 Å². The zero-order chi connectivity index (χ0) is 20.2. The molecule has 2 aliphatic carbocycles. The predicted molar refractivity (Wildman–Crippen MR) is 98.8 cm³/mol. The molecule has 0 aromatic rings. The molecule has 0 aliphatic heterocycles. The van der Waals surface area contributed by atoms with E-state index in [0.29, 0.717) is 5.92 Å². The van der Waals surface area contributed by atoms with Gasteiger partial charge in [-0.2, -0.15) is 0 Å². The Kier molecular flexibility index (Phi) is 6.89. The molecule has 2 aliphatic rings. The highest BCUT2D eigenvalue weighted by atomic mass is 16.7. The Morgan fingerprint density at radius 3 is 2.56 bits per heavy atom. The smallest absolute Gasteiger partial charge is 0.410 e. The van der Waals surface area contributed by atoms with Crippen molar-refractivity contribution < 1.29 is 29.0 Å². The third-order valence-electron chi connectivity index (χ3n) is 5.67. The highest BCUT2D eigenvalue weighted by molar-refractivity contribution is 5.71. The van der Waals surface area contributed by atoms with E-state index in [9.17, 15) is 19.5 Å². The van der Waals surface area contributed by atoms with Crippen LogP contribution in [0.3, 0.4) is 0 Å². The van der Waals surface area contributed by atoms with E-state index in [4.69, 9.17) is 9.47 Å². The fourth-order valence-corrected chi connectivity index (χ4v) is 4.21. The fourth-order valence-electron chi connectivity index (χ4n) is 4.21. The molecule has 4 atom stereocenters. The van der Waals surface area contributed by atoms with Crippen LogP contribution in [0.4, 0.5) is 4.79 Å². The quantitative estimate of drug-likeness (QED) is 0.360. The first-order valence-corrected chi connectivity index (χ1v) is 9.76. The van der Waals surface area contributed by atoms with Crippen LogP contribution in [0.25, 0.3) is 0 Å². The molecule has 0 spiro atoms. The number of ether oxygens (including phenoxy) is 2. The van der Waals surface area contributed by atoms with Crippen LogP contribution in [0.15, 0.2) is 11.6 Å². The van der Waals surface area contributed by atoms with Gasteiger partial charge < -0.3 is 19.9 Å². The molecule has 2 rings (SSSR count). The molecule has 2 N–H and O–H groups in total. The molecule has 152 valence electrons. The summed E-state index contributed by atoms with van der Waals surface area (Å²) in [4.78, 5) is 35.1. The number of alkyl carbamates (subject to hydrolysis) is 1. The van der Waals surface area contributed by atoms with E-state index < -0.39 is 29.7 Å². The van der Waals surface area contributed by atoms with Crippen LogP contribution in [0.2, 0.25) is 0 Å². The van der Waals surface area contributed by atoms with Crippen molar-refractivity contribution in [2.45, 2.75) is 66.1 Å². The van der Waals surface area contributed by atoms with Crippen LogP contribution in [0.1, 0.15) is 59.8 Å². The molecule has 0 saturated heterocycles. The minimum Gasteiger partial charge on any atom is -0.481 e. The topological polar surface area (TPSA) is 102 Å². The fraction of sp³-hybridized carbons (Fsp3) is 0.750. The van der Waals surface area contributed by atoms with Crippen molar-refractivity contribution in [3.63, 3.8) is 0 Å². The van der Waals surface area contributed by atoms with Gasteiger partial charge in [0.15, 0.2) is 0 Å². The number of aliphatic carboxylic acids is 1. The Morgan fingerprint density at radius 1 is 1.30 bits per heavy atom. The van der Waals surface area contributed by atoms with E-state index >= 15 is 0 Å². The Hall–Kier alpha value is -2.05. The summed E-state index contributed by atoms with van der Waals surface area (Å²) in [5.41, 5.74) is 0.894. The first-order chi connectivity index (χ1) is 12.7. The molecule has 0 heterocycles. The lowest BCUT2D eigenvalue weighted by atomic mass is 9.53. The monoisotopic (exact) mass is 381 g/mol. The van der Waals surface area contributed by atoms with Gasteiger partial charge in [0.05, 0.1) is 6.42 Å². The molecule has 1 amide bonds. The number of rotatable bonds is 9. The van der Waals surface area contributed by atoms with Gasteiger partial charge >= 0.3 is 18.0 Å². The summed E-state index contributed by atoms with van der Waals surface area (Å²) in [7, 11) is 0. The number of carboxylic acids is 1. The lowest BCUT2D eigenvalue weighted by Crippen LogP contribution is -2.53. The maximum absolute atomic E-state index is 12.2. The second kappa shape index (κ2) is 8.76. The van der Waals surface area contributed by atoms with Crippen molar-refractivity contribution in [3.05, 3.63) is 11.6 Å². The zero-order valence-electron chi connectivity index (χ0n) is 16.6. The molecule has 0 unspecified atom stereocenters. The zero-order valence-corrected chi connectivity index (χ0v) is 16.6. The van der Waals surface area contributed by atoms with Crippen LogP contribution in [0, 0.1) is 23.2 Å². The third-order valence-corrected chi connectivity index (χ3v) is 5.67. The van der Waals surface area contributed by atoms with E-state index in [-0.39, 0.29) is 31.2 Å². The number of carbonyl (C=O) groups excluding carboxylic acids is 2. The summed E-state index contributed by atoms with van der Waals surface area (Å²) in [6.07, 6.45) is 3.54. The van der Waals surface area contributed by atoms with Crippen molar-refractivity contribution >= 4 is 18.0 Å². The van der Waals surface area contributed by atoms with E-state index in [1.165, 1.54) is 5.57 Å². The van der Waals surface area contributed by atoms with Crippen LogP contribution < -0.4 is 5.32 Å². The largest absolute Gasteiger partial charge is 0.481 e. The predicted octanol–water partition coefficient (Wildman–Crippen LogP) is 3.49. The minimum absolute atomic E-state index is 0.0143. The van der Waals surface area contributed by atoms with Crippen LogP contribution in [-0.2, 0) is 19.1 Å². The second-order valence-corrected chi connectivity index (χ2v) is 8.02. The maximum Gasteiger partial charge on any atom is 0.410 e. The van der Waals surface area contributed by atoms with Gasteiger partial charge in [0.25, 0.3) is 6.29 Å². The van der Waals surface area contributed by atoms with Gasteiger partial charge in [-0.25, -0.2) is 4.79 Å². The van der Waals surface area contributed by atoms with Crippen molar-refractivity contribution in [3.8, 4) is 0 Å². The Bertz CT molecular complexity index is 614. The lowest BCUT2D eigenvalue weighted by molar-refractivity contribution is -0.174. The molecular weight excluding hydrogens is 350 g/mol. The summed E-state index contributed by atoms with van der Waals surface area (Å²) >= 11 is 0. The highest BCUT2D eigenvalue weighted by Gasteiger charge is 2.55. The average molecular weight is 381 g/mol. The Balaban J connectivity index is 1.97. The van der Waals surface area contributed by atoms with Gasteiger partial charge in [-0.05, 0) is 31.1 Å².